The Bertz CT molecular complexity index is 414. The van der Waals surface area contributed by atoms with Gasteiger partial charge in [-0.3, -0.25) is 4.98 Å². The van der Waals surface area contributed by atoms with Crippen LogP contribution < -0.4 is 11.1 Å². The molecule has 1 aliphatic heterocycles. The first kappa shape index (κ1) is 15.2. The normalized spacial score (nSPS) is 19.7. The summed E-state index contributed by atoms with van der Waals surface area (Å²) in [5.41, 5.74) is 7.66. The second kappa shape index (κ2) is 7.02. The minimum atomic E-state index is -0.264. The van der Waals surface area contributed by atoms with E-state index in [1.54, 1.807) is 6.20 Å². The third kappa shape index (κ3) is 3.11. The van der Waals surface area contributed by atoms with Crippen molar-refractivity contribution in [3.05, 3.63) is 24.0 Å². The van der Waals surface area contributed by atoms with E-state index >= 15 is 0 Å². The number of aromatic nitrogens is 1. The van der Waals surface area contributed by atoms with Gasteiger partial charge in [-0.1, -0.05) is 6.92 Å². The molecule has 5 heteroatoms. The molecule has 112 valence electrons. The van der Waals surface area contributed by atoms with Gasteiger partial charge in [-0.15, -0.1) is 0 Å². The molecule has 1 aromatic heterocycles. The summed E-state index contributed by atoms with van der Waals surface area (Å²) >= 11 is 0. The van der Waals surface area contributed by atoms with E-state index in [9.17, 15) is 0 Å². The van der Waals surface area contributed by atoms with Gasteiger partial charge in [0.25, 0.3) is 0 Å². The predicted octanol–water partition coefficient (Wildman–Crippen LogP) is 1.90. The lowest BCUT2D eigenvalue weighted by Gasteiger charge is -2.43. The van der Waals surface area contributed by atoms with E-state index in [-0.39, 0.29) is 11.6 Å². The zero-order valence-corrected chi connectivity index (χ0v) is 12.4. The quantitative estimate of drug-likeness (QED) is 0.832. The van der Waals surface area contributed by atoms with Crippen molar-refractivity contribution in [2.75, 3.05) is 32.1 Å². The van der Waals surface area contributed by atoms with Gasteiger partial charge >= 0.3 is 0 Å². The highest BCUT2D eigenvalue weighted by atomic mass is 16.5. The topological polar surface area (TPSA) is 69.4 Å². The molecule has 3 N–H and O–H groups in total. The second-order valence-electron chi connectivity index (χ2n) is 5.11. The molecule has 0 saturated carbocycles. The Morgan fingerprint density at radius 1 is 1.45 bits per heavy atom. The summed E-state index contributed by atoms with van der Waals surface area (Å²) in [5.74, 6) is 0. The molecule has 0 amide bonds. The number of pyridine rings is 1. The lowest BCUT2D eigenvalue weighted by molar-refractivity contribution is -0.127. The summed E-state index contributed by atoms with van der Waals surface area (Å²) in [6, 6.07) is 1.89. The fourth-order valence-electron chi connectivity index (χ4n) is 2.96. The summed E-state index contributed by atoms with van der Waals surface area (Å²) < 4.78 is 11.7. The number of rotatable bonds is 6. The zero-order chi connectivity index (χ0) is 14.4. The maximum Gasteiger partial charge on any atom is 0.0921 e. The van der Waals surface area contributed by atoms with Gasteiger partial charge in [0.2, 0.25) is 0 Å². The average Bonchev–Trinajstić information content (AvgIpc) is 2.47. The van der Waals surface area contributed by atoms with Crippen molar-refractivity contribution in [2.45, 2.75) is 38.3 Å². The molecule has 1 saturated heterocycles. The number of hydrogen-bond donors (Lipinski definition) is 2. The third-order valence-corrected chi connectivity index (χ3v) is 3.90. The molecular formula is C15H25N3O2. The SMILES string of the molecule is CCNC(c1cnccc1N)C1(OCC)CCOCC1. The van der Waals surface area contributed by atoms with Gasteiger partial charge in [0.05, 0.1) is 11.6 Å². The minimum Gasteiger partial charge on any atom is -0.398 e. The van der Waals surface area contributed by atoms with Gasteiger partial charge in [0.1, 0.15) is 0 Å². The Labute approximate surface area is 120 Å². The highest BCUT2D eigenvalue weighted by molar-refractivity contribution is 5.47. The van der Waals surface area contributed by atoms with Gasteiger partial charge in [0, 0.05) is 56.3 Å². The standard InChI is InChI=1S/C15H25N3O2/c1-3-18-14(12-11-17-8-5-13(12)16)15(20-4-2)6-9-19-10-7-15/h5,8,11,14,18H,3-4,6-7,9-10H2,1-2H3,(H2,16,17). The largest absolute Gasteiger partial charge is 0.398 e. The van der Waals surface area contributed by atoms with Crippen LogP contribution in [0.5, 0.6) is 0 Å². The molecule has 1 unspecified atom stereocenters. The summed E-state index contributed by atoms with van der Waals surface area (Å²) in [6.45, 7) is 7.12. The maximum absolute atomic E-state index is 6.17. The minimum absolute atomic E-state index is 0.0463. The van der Waals surface area contributed by atoms with Gasteiger partial charge < -0.3 is 20.5 Å². The van der Waals surface area contributed by atoms with Crippen molar-refractivity contribution in [1.29, 1.82) is 0 Å². The molecule has 0 radical (unpaired) electrons. The van der Waals surface area contributed by atoms with Crippen LogP contribution >= 0.6 is 0 Å². The average molecular weight is 279 g/mol. The summed E-state index contributed by atoms with van der Waals surface area (Å²) in [7, 11) is 0. The Morgan fingerprint density at radius 2 is 2.20 bits per heavy atom. The number of nitrogens with one attached hydrogen (secondary N) is 1. The van der Waals surface area contributed by atoms with Crippen LogP contribution in [0, 0.1) is 0 Å². The molecule has 0 aromatic carbocycles. The van der Waals surface area contributed by atoms with E-state index < -0.39 is 0 Å². The molecule has 1 atom stereocenters. The molecule has 1 aromatic rings. The zero-order valence-electron chi connectivity index (χ0n) is 12.4. The Morgan fingerprint density at radius 3 is 2.80 bits per heavy atom. The summed E-state index contributed by atoms with van der Waals surface area (Å²) in [6.07, 6.45) is 5.30. The lowest BCUT2D eigenvalue weighted by atomic mass is 9.82. The van der Waals surface area contributed by atoms with Gasteiger partial charge in [-0.05, 0) is 19.5 Å². The molecule has 5 nitrogen and oxygen atoms in total. The van der Waals surface area contributed by atoms with Crippen molar-refractivity contribution in [2.24, 2.45) is 0 Å². The van der Waals surface area contributed by atoms with Crippen LogP contribution in [0.1, 0.15) is 38.3 Å². The van der Waals surface area contributed by atoms with Crippen LogP contribution in [0.3, 0.4) is 0 Å². The van der Waals surface area contributed by atoms with Crippen LogP contribution in [0.15, 0.2) is 18.5 Å². The highest BCUT2D eigenvalue weighted by Gasteiger charge is 2.42. The van der Waals surface area contributed by atoms with Crippen molar-refractivity contribution < 1.29 is 9.47 Å². The van der Waals surface area contributed by atoms with Crippen molar-refractivity contribution >= 4 is 5.69 Å². The maximum atomic E-state index is 6.17. The Hall–Kier alpha value is -1.17. The van der Waals surface area contributed by atoms with E-state index in [0.29, 0.717) is 6.61 Å². The van der Waals surface area contributed by atoms with Gasteiger partial charge in [0.15, 0.2) is 0 Å². The number of likely N-dealkylation sites (N-methyl/N-ethyl adjacent to an activating group) is 1. The Kier molecular flexibility index (Phi) is 5.34. The number of nitrogens with two attached hydrogens (primary N) is 1. The number of hydrogen-bond acceptors (Lipinski definition) is 5. The summed E-state index contributed by atoms with van der Waals surface area (Å²) in [5, 5.41) is 3.53. The molecule has 0 spiro atoms. The molecule has 1 aliphatic rings. The molecule has 0 aliphatic carbocycles. The third-order valence-electron chi connectivity index (χ3n) is 3.90. The smallest absolute Gasteiger partial charge is 0.0921 e. The van der Waals surface area contributed by atoms with Crippen molar-refractivity contribution in [1.82, 2.24) is 10.3 Å². The van der Waals surface area contributed by atoms with Crippen LogP contribution in [0.4, 0.5) is 5.69 Å². The summed E-state index contributed by atoms with van der Waals surface area (Å²) in [4.78, 5) is 4.23. The first-order chi connectivity index (χ1) is 9.73. The van der Waals surface area contributed by atoms with Crippen LogP contribution in [-0.4, -0.2) is 37.0 Å². The van der Waals surface area contributed by atoms with E-state index in [2.05, 4.69) is 17.2 Å². The number of anilines is 1. The number of nitrogen functional groups attached to an aromatic ring is 1. The van der Waals surface area contributed by atoms with E-state index in [4.69, 9.17) is 15.2 Å². The molecule has 1 fully saturated rings. The molecule has 20 heavy (non-hydrogen) atoms. The predicted molar refractivity (Wildman–Crippen MR) is 79.5 cm³/mol. The Balaban J connectivity index is 2.36. The van der Waals surface area contributed by atoms with E-state index in [0.717, 1.165) is 43.9 Å². The molecule has 0 bridgehead atoms. The van der Waals surface area contributed by atoms with Crippen molar-refractivity contribution in [3.63, 3.8) is 0 Å². The van der Waals surface area contributed by atoms with E-state index in [1.807, 2.05) is 19.2 Å². The molecule has 2 rings (SSSR count). The van der Waals surface area contributed by atoms with Crippen LogP contribution in [0.25, 0.3) is 0 Å². The highest BCUT2D eigenvalue weighted by Crippen LogP contribution is 2.39. The van der Waals surface area contributed by atoms with Crippen LogP contribution in [0.2, 0.25) is 0 Å². The first-order valence-corrected chi connectivity index (χ1v) is 7.38. The first-order valence-electron chi connectivity index (χ1n) is 7.38. The monoisotopic (exact) mass is 279 g/mol. The van der Waals surface area contributed by atoms with Gasteiger partial charge in [-0.2, -0.15) is 0 Å². The van der Waals surface area contributed by atoms with Gasteiger partial charge in [-0.25, -0.2) is 0 Å². The number of ether oxygens (including phenoxy) is 2. The van der Waals surface area contributed by atoms with Crippen molar-refractivity contribution in [3.8, 4) is 0 Å². The van der Waals surface area contributed by atoms with Crippen LogP contribution in [-0.2, 0) is 9.47 Å². The number of nitrogens with zero attached hydrogens (tertiary/aromatic N) is 1. The molecule has 2 heterocycles. The molecular weight excluding hydrogens is 254 g/mol. The fourth-order valence-corrected chi connectivity index (χ4v) is 2.96. The second-order valence-corrected chi connectivity index (χ2v) is 5.11. The fraction of sp³-hybridized carbons (Fsp3) is 0.667. The lowest BCUT2D eigenvalue weighted by Crippen LogP contribution is -2.50. The van der Waals surface area contributed by atoms with E-state index in [1.165, 1.54) is 0 Å².